The second-order valence-corrected chi connectivity index (χ2v) is 6.70. The van der Waals surface area contributed by atoms with Crippen LogP contribution in [-0.4, -0.2) is 47.1 Å². The van der Waals surface area contributed by atoms with Crippen LogP contribution in [0.3, 0.4) is 0 Å². The first-order valence-electron chi connectivity index (χ1n) is 9.10. The molecule has 1 aliphatic heterocycles. The molecule has 8 nitrogen and oxygen atoms in total. The standard InChI is InChI=1S/C19H24N6O2/c1-24-17(20)15-16(12-7-8-13(26-2)14(11-12)27-3)21-19(22-18(15)23-24)25-9-5-4-6-10-25/h7-8,11H,4-6,9-10,20H2,1-3H3. The highest BCUT2D eigenvalue weighted by atomic mass is 16.5. The summed E-state index contributed by atoms with van der Waals surface area (Å²) in [4.78, 5) is 11.8. The van der Waals surface area contributed by atoms with Crippen LogP contribution in [0.4, 0.5) is 11.8 Å². The van der Waals surface area contributed by atoms with Crippen molar-refractivity contribution in [2.24, 2.45) is 7.05 Å². The maximum atomic E-state index is 6.28. The van der Waals surface area contributed by atoms with E-state index in [4.69, 9.17) is 20.2 Å². The highest BCUT2D eigenvalue weighted by Crippen LogP contribution is 2.36. The Bertz CT molecular complexity index is 978. The van der Waals surface area contributed by atoms with Crippen molar-refractivity contribution in [2.45, 2.75) is 19.3 Å². The summed E-state index contributed by atoms with van der Waals surface area (Å²) in [5, 5.41) is 5.24. The van der Waals surface area contributed by atoms with E-state index in [1.54, 1.807) is 18.9 Å². The molecule has 1 saturated heterocycles. The fourth-order valence-electron chi connectivity index (χ4n) is 3.53. The monoisotopic (exact) mass is 368 g/mol. The average Bonchev–Trinajstić information content (AvgIpc) is 3.01. The van der Waals surface area contributed by atoms with Crippen LogP contribution in [-0.2, 0) is 7.05 Å². The number of anilines is 2. The normalized spacial score (nSPS) is 14.6. The van der Waals surface area contributed by atoms with Crippen LogP contribution in [0.15, 0.2) is 18.2 Å². The van der Waals surface area contributed by atoms with Gasteiger partial charge in [-0.25, -0.2) is 4.98 Å². The third-order valence-corrected chi connectivity index (χ3v) is 5.02. The molecular weight excluding hydrogens is 344 g/mol. The smallest absolute Gasteiger partial charge is 0.228 e. The molecule has 1 aromatic carbocycles. The minimum Gasteiger partial charge on any atom is -0.493 e. The molecule has 142 valence electrons. The van der Waals surface area contributed by atoms with Crippen LogP contribution < -0.4 is 20.1 Å². The molecule has 1 aliphatic rings. The fraction of sp³-hybridized carbons (Fsp3) is 0.421. The molecule has 0 unspecified atom stereocenters. The number of hydrogen-bond acceptors (Lipinski definition) is 7. The molecule has 0 bridgehead atoms. The van der Waals surface area contributed by atoms with Crippen LogP contribution in [0.1, 0.15) is 19.3 Å². The first-order valence-corrected chi connectivity index (χ1v) is 9.10. The number of aryl methyl sites for hydroxylation is 1. The van der Waals surface area contributed by atoms with Gasteiger partial charge in [0.25, 0.3) is 0 Å². The van der Waals surface area contributed by atoms with E-state index in [9.17, 15) is 0 Å². The van der Waals surface area contributed by atoms with E-state index in [1.165, 1.54) is 6.42 Å². The van der Waals surface area contributed by atoms with Gasteiger partial charge in [0.2, 0.25) is 5.95 Å². The minimum atomic E-state index is 0.542. The summed E-state index contributed by atoms with van der Waals surface area (Å²) in [7, 11) is 5.05. The molecule has 0 amide bonds. The van der Waals surface area contributed by atoms with Gasteiger partial charge < -0.3 is 20.1 Å². The molecule has 8 heteroatoms. The van der Waals surface area contributed by atoms with Crippen molar-refractivity contribution in [1.29, 1.82) is 0 Å². The topological polar surface area (TPSA) is 91.3 Å². The lowest BCUT2D eigenvalue weighted by molar-refractivity contribution is 0.355. The number of fused-ring (bicyclic) bond motifs is 1. The Balaban J connectivity index is 1.92. The van der Waals surface area contributed by atoms with Gasteiger partial charge in [0.15, 0.2) is 17.1 Å². The van der Waals surface area contributed by atoms with Gasteiger partial charge in [-0.1, -0.05) is 0 Å². The zero-order valence-electron chi connectivity index (χ0n) is 15.9. The Morgan fingerprint density at radius 3 is 2.44 bits per heavy atom. The summed E-state index contributed by atoms with van der Waals surface area (Å²) in [5.41, 5.74) is 8.53. The van der Waals surface area contributed by atoms with Gasteiger partial charge in [-0.3, -0.25) is 4.68 Å². The van der Waals surface area contributed by atoms with Crippen LogP contribution in [0.25, 0.3) is 22.3 Å². The number of nitrogens with two attached hydrogens (primary N) is 1. The molecule has 27 heavy (non-hydrogen) atoms. The Hall–Kier alpha value is -3.03. The minimum absolute atomic E-state index is 0.542. The Morgan fingerprint density at radius 1 is 1.00 bits per heavy atom. The lowest BCUT2D eigenvalue weighted by Gasteiger charge is -2.26. The summed E-state index contributed by atoms with van der Waals surface area (Å²) in [6.07, 6.45) is 3.55. The molecule has 0 radical (unpaired) electrons. The number of hydrogen-bond donors (Lipinski definition) is 1. The average molecular weight is 368 g/mol. The number of nitrogen functional groups attached to an aromatic ring is 1. The maximum absolute atomic E-state index is 6.28. The van der Waals surface area contributed by atoms with Gasteiger partial charge in [-0.05, 0) is 37.5 Å². The van der Waals surface area contributed by atoms with E-state index in [1.807, 2.05) is 25.2 Å². The number of ether oxygens (including phenoxy) is 2. The Kier molecular flexibility index (Phi) is 4.47. The molecule has 1 fully saturated rings. The van der Waals surface area contributed by atoms with Gasteiger partial charge in [0, 0.05) is 25.7 Å². The second-order valence-electron chi connectivity index (χ2n) is 6.70. The molecule has 2 N–H and O–H groups in total. The van der Waals surface area contributed by atoms with Crippen molar-refractivity contribution in [2.75, 3.05) is 37.9 Å². The molecule has 0 atom stereocenters. The van der Waals surface area contributed by atoms with E-state index < -0.39 is 0 Å². The largest absolute Gasteiger partial charge is 0.493 e. The summed E-state index contributed by atoms with van der Waals surface area (Å²) in [6.45, 7) is 1.92. The van der Waals surface area contributed by atoms with Crippen molar-refractivity contribution < 1.29 is 9.47 Å². The van der Waals surface area contributed by atoms with Crippen molar-refractivity contribution in [3.8, 4) is 22.8 Å². The lowest BCUT2D eigenvalue weighted by Crippen LogP contribution is -2.31. The summed E-state index contributed by atoms with van der Waals surface area (Å²) in [5.74, 6) is 2.55. The number of benzene rings is 1. The number of piperidine rings is 1. The van der Waals surface area contributed by atoms with E-state index in [-0.39, 0.29) is 0 Å². The van der Waals surface area contributed by atoms with E-state index >= 15 is 0 Å². The fourth-order valence-corrected chi connectivity index (χ4v) is 3.53. The van der Waals surface area contributed by atoms with Crippen LogP contribution in [0.2, 0.25) is 0 Å². The van der Waals surface area contributed by atoms with Gasteiger partial charge in [-0.15, -0.1) is 0 Å². The quantitative estimate of drug-likeness (QED) is 0.757. The first-order chi connectivity index (χ1) is 13.1. The van der Waals surface area contributed by atoms with Crippen molar-refractivity contribution in [3.05, 3.63) is 18.2 Å². The van der Waals surface area contributed by atoms with Crippen molar-refractivity contribution >= 4 is 22.8 Å². The molecule has 2 aromatic heterocycles. The first kappa shape index (κ1) is 17.4. The number of rotatable bonds is 4. The SMILES string of the molecule is COc1ccc(-c2nc(N3CCCCC3)nc3nn(C)c(N)c23)cc1OC. The Morgan fingerprint density at radius 2 is 1.74 bits per heavy atom. The highest BCUT2D eigenvalue weighted by Gasteiger charge is 2.21. The Labute approximate surface area is 157 Å². The van der Waals surface area contributed by atoms with Crippen molar-refractivity contribution in [3.63, 3.8) is 0 Å². The molecule has 3 heterocycles. The van der Waals surface area contributed by atoms with Crippen LogP contribution >= 0.6 is 0 Å². The van der Waals surface area contributed by atoms with Gasteiger partial charge in [-0.2, -0.15) is 10.1 Å². The number of aromatic nitrogens is 4. The van der Waals surface area contributed by atoms with Crippen LogP contribution in [0, 0.1) is 0 Å². The number of nitrogens with zero attached hydrogens (tertiary/aromatic N) is 5. The van der Waals surface area contributed by atoms with E-state index in [2.05, 4.69) is 15.0 Å². The van der Waals surface area contributed by atoms with Crippen molar-refractivity contribution in [1.82, 2.24) is 19.7 Å². The molecule has 0 saturated carbocycles. The van der Waals surface area contributed by atoms with E-state index in [0.29, 0.717) is 28.9 Å². The number of methoxy groups -OCH3 is 2. The molecule has 4 rings (SSSR count). The third-order valence-electron chi connectivity index (χ3n) is 5.02. The predicted octanol–water partition coefficient (Wildman–Crippen LogP) is 2.62. The van der Waals surface area contributed by atoms with Gasteiger partial charge in [0.05, 0.1) is 25.3 Å². The highest BCUT2D eigenvalue weighted by molar-refractivity contribution is 5.99. The summed E-state index contributed by atoms with van der Waals surface area (Å²) < 4.78 is 12.5. The molecular formula is C19H24N6O2. The molecule has 0 spiro atoms. The molecule has 0 aliphatic carbocycles. The summed E-state index contributed by atoms with van der Waals surface area (Å²) in [6, 6.07) is 5.73. The lowest BCUT2D eigenvalue weighted by atomic mass is 10.1. The van der Waals surface area contributed by atoms with Gasteiger partial charge in [0.1, 0.15) is 5.82 Å². The zero-order chi connectivity index (χ0) is 19.0. The predicted molar refractivity (Wildman–Crippen MR) is 105 cm³/mol. The van der Waals surface area contributed by atoms with E-state index in [0.717, 1.165) is 42.6 Å². The maximum Gasteiger partial charge on any atom is 0.228 e. The zero-order valence-corrected chi connectivity index (χ0v) is 15.9. The molecule has 3 aromatic rings. The second kappa shape index (κ2) is 6.94. The third kappa shape index (κ3) is 3.01. The van der Waals surface area contributed by atoms with Crippen LogP contribution in [0.5, 0.6) is 11.5 Å². The summed E-state index contributed by atoms with van der Waals surface area (Å²) >= 11 is 0. The van der Waals surface area contributed by atoms with Gasteiger partial charge >= 0.3 is 0 Å².